The van der Waals surface area contributed by atoms with Gasteiger partial charge in [0.2, 0.25) is 0 Å². The quantitative estimate of drug-likeness (QED) is 0.735. The number of amides is 1. The fourth-order valence-corrected chi connectivity index (χ4v) is 4.12. The van der Waals surface area contributed by atoms with Crippen LogP contribution in [0.4, 0.5) is 5.69 Å². The van der Waals surface area contributed by atoms with Crippen LogP contribution in [0.3, 0.4) is 0 Å². The predicted molar refractivity (Wildman–Crippen MR) is 120 cm³/mol. The second kappa shape index (κ2) is 10.1. The van der Waals surface area contributed by atoms with E-state index in [-0.39, 0.29) is 12.5 Å². The number of carbonyl (C=O) groups excluding carboxylic acids is 1. The number of anilines is 1. The second-order valence-electron chi connectivity index (χ2n) is 7.93. The first-order valence-corrected chi connectivity index (χ1v) is 10.9. The molecule has 2 aromatic rings. The molecule has 2 saturated heterocycles. The van der Waals surface area contributed by atoms with Crippen molar-refractivity contribution >= 4 is 11.6 Å². The number of aliphatic hydroxyl groups excluding tert-OH is 1. The molecule has 2 fully saturated rings. The van der Waals surface area contributed by atoms with Gasteiger partial charge in [-0.1, -0.05) is 0 Å². The summed E-state index contributed by atoms with van der Waals surface area (Å²) < 4.78 is 21.9. The molecule has 172 valence electrons. The molecule has 0 aromatic heterocycles. The van der Waals surface area contributed by atoms with Crippen LogP contribution < -0.4 is 19.1 Å². The van der Waals surface area contributed by atoms with Crippen LogP contribution >= 0.6 is 0 Å². The van der Waals surface area contributed by atoms with Gasteiger partial charge in [-0.3, -0.25) is 4.79 Å². The molecule has 0 unspecified atom stereocenters. The first kappa shape index (κ1) is 22.2. The van der Waals surface area contributed by atoms with Crippen LogP contribution in [0.25, 0.3) is 0 Å². The molecule has 2 atom stereocenters. The van der Waals surface area contributed by atoms with E-state index in [0.717, 1.165) is 32.0 Å². The van der Waals surface area contributed by atoms with Crippen molar-refractivity contribution in [3.05, 3.63) is 48.0 Å². The van der Waals surface area contributed by atoms with Gasteiger partial charge in [0, 0.05) is 43.4 Å². The molecule has 2 aromatic carbocycles. The average molecular weight is 443 g/mol. The number of hydrogen-bond acceptors (Lipinski definition) is 7. The molecule has 8 nitrogen and oxygen atoms in total. The van der Waals surface area contributed by atoms with Crippen molar-refractivity contribution < 1.29 is 28.8 Å². The summed E-state index contributed by atoms with van der Waals surface area (Å²) in [5.74, 6) is 1.68. The molecule has 2 aliphatic rings. The maximum absolute atomic E-state index is 13.0. The van der Waals surface area contributed by atoms with Gasteiger partial charge in [-0.05, 0) is 36.4 Å². The highest BCUT2D eigenvalue weighted by atomic mass is 16.5. The number of hydrogen-bond donors (Lipinski definition) is 1. The molecule has 2 heterocycles. The van der Waals surface area contributed by atoms with Gasteiger partial charge in [-0.2, -0.15) is 0 Å². The van der Waals surface area contributed by atoms with Crippen LogP contribution in [-0.2, 0) is 4.74 Å². The van der Waals surface area contributed by atoms with E-state index in [2.05, 4.69) is 4.90 Å². The third kappa shape index (κ3) is 4.92. The Morgan fingerprint density at radius 1 is 1.00 bits per heavy atom. The standard InChI is InChI=1S/C24H30N2O6/c1-29-22-8-7-19(15-23(22)30-2)32-21-9-10-26(16-20(21)27)24(28)17-3-5-18(6-4-17)25-11-13-31-14-12-25/h3-8,15,20-21,27H,9-14,16H2,1-2H3/t20-,21-/m1/s1. The summed E-state index contributed by atoms with van der Waals surface area (Å²) >= 11 is 0. The predicted octanol–water partition coefficient (Wildman–Crippen LogP) is 2.19. The van der Waals surface area contributed by atoms with E-state index in [9.17, 15) is 9.90 Å². The minimum atomic E-state index is -0.784. The van der Waals surface area contributed by atoms with Crippen LogP contribution in [0.15, 0.2) is 42.5 Å². The van der Waals surface area contributed by atoms with E-state index >= 15 is 0 Å². The van der Waals surface area contributed by atoms with Crippen LogP contribution in [0.5, 0.6) is 17.2 Å². The lowest BCUT2D eigenvalue weighted by atomic mass is 10.0. The summed E-state index contributed by atoms with van der Waals surface area (Å²) in [5.41, 5.74) is 1.71. The number of piperidine rings is 1. The molecule has 2 aliphatic heterocycles. The number of ether oxygens (including phenoxy) is 4. The molecule has 8 heteroatoms. The zero-order valence-electron chi connectivity index (χ0n) is 18.5. The second-order valence-corrected chi connectivity index (χ2v) is 7.93. The lowest BCUT2D eigenvalue weighted by Crippen LogP contribution is -2.51. The van der Waals surface area contributed by atoms with E-state index in [0.29, 0.717) is 35.8 Å². The number of carbonyl (C=O) groups is 1. The van der Waals surface area contributed by atoms with Gasteiger partial charge in [0.05, 0.1) is 34.0 Å². The molecular weight excluding hydrogens is 412 g/mol. The Morgan fingerprint density at radius 3 is 2.38 bits per heavy atom. The van der Waals surface area contributed by atoms with Gasteiger partial charge >= 0.3 is 0 Å². The van der Waals surface area contributed by atoms with Gasteiger partial charge in [0.25, 0.3) is 5.91 Å². The van der Waals surface area contributed by atoms with Crippen LogP contribution in [0.2, 0.25) is 0 Å². The number of methoxy groups -OCH3 is 2. The minimum absolute atomic E-state index is 0.0813. The molecule has 1 N–H and O–H groups in total. The Balaban J connectivity index is 1.35. The lowest BCUT2D eigenvalue weighted by molar-refractivity contribution is -0.0199. The Bertz CT molecular complexity index is 913. The van der Waals surface area contributed by atoms with Crippen LogP contribution in [-0.4, -0.2) is 81.7 Å². The summed E-state index contributed by atoms with van der Waals surface area (Å²) in [6.07, 6.45) is -0.651. The third-order valence-electron chi connectivity index (χ3n) is 5.94. The van der Waals surface area contributed by atoms with Crippen molar-refractivity contribution in [1.29, 1.82) is 0 Å². The summed E-state index contributed by atoms with van der Waals surface area (Å²) in [6.45, 7) is 3.89. The minimum Gasteiger partial charge on any atom is -0.493 e. The van der Waals surface area contributed by atoms with E-state index < -0.39 is 12.2 Å². The van der Waals surface area contributed by atoms with Gasteiger partial charge in [0.1, 0.15) is 18.0 Å². The van der Waals surface area contributed by atoms with Crippen LogP contribution in [0.1, 0.15) is 16.8 Å². The van der Waals surface area contributed by atoms with E-state index in [1.54, 1.807) is 37.3 Å². The largest absolute Gasteiger partial charge is 0.493 e. The molecule has 0 aliphatic carbocycles. The fraction of sp³-hybridized carbons (Fsp3) is 0.458. The summed E-state index contributed by atoms with van der Waals surface area (Å²) in [7, 11) is 3.14. The number of likely N-dealkylation sites (tertiary alicyclic amines) is 1. The highest BCUT2D eigenvalue weighted by Crippen LogP contribution is 2.32. The molecule has 0 saturated carbocycles. The SMILES string of the molecule is COc1ccc(O[C@@H]2CCN(C(=O)c3ccc(N4CCOCC4)cc3)C[C@H]2O)cc1OC. The highest BCUT2D eigenvalue weighted by Gasteiger charge is 2.32. The number of benzene rings is 2. The maximum atomic E-state index is 13.0. The van der Waals surface area contributed by atoms with Gasteiger partial charge in [-0.15, -0.1) is 0 Å². The van der Waals surface area contributed by atoms with E-state index in [4.69, 9.17) is 18.9 Å². The summed E-state index contributed by atoms with van der Waals surface area (Å²) in [6, 6.07) is 12.9. The number of rotatable bonds is 6. The Hall–Kier alpha value is -2.97. The molecule has 1 amide bonds. The maximum Gasteiger partial charge on any atom is 0.253 e. The normalized spacial score (nSPS) is 21.2. The molecule has 0 radical (unpaired) electrons. The number of nitrogens with zero attached hydrogens (tertiary/aromatic N) is 2. The molecule has 4 rings (SSSR count). The van der Waals surface area contributed by atoms with Gasteiger partial charge < -0.3 is 33.9 Å². The smallest absolute Gasteiger partial charge is 0.253 e. The zero-order chi connectivity index (χ0) is 22.5. The van der Waals surface area contributed by atoms with Crippen molar-refractivity contribution in [2.24, 2.45) is 0 Å². The number of β-amino-alcohol motifs (C(OH)–C–C–N with tert-alkyl or cyclic N) is 1. The molecule has 0 bridgehead atoms. The highest BCUT2D eigenvalue weighted by molar-refractivity contribution is 5.94. The van der Waals surface area contributed by atoms with Crippen molar-refractivity contribution in [2.45, 2.75) is 18.6 Å². The Kier molecular flexibility index (Phi) is 7.02. The Morgan fingerprint density at radius 2 is 1.72 bits per heavy atom. The third-order valence-corrected chi connectivity index (χ3v) is 5.94. The topological polar surface area (TPSA) is 80.7 Å². The van der Waals surface area contributed by atoms with Crippen molar-refractivity contribution in [2.75, 3.05) is 58.5 Å². The van der Waals surface area contributed by atoms with Crippen molar-refractivity contribution in [3.8, 4) is 17.2 Å². The fourth-order valence-electron chi connectivity index (χ4n) is 4.12. The average Bonchev–Trinajstić information content (AvgIpc) is 2.85. The van der Waals surface area contributed by atoms with Crippen LogP contribution in [0, 0.1) is 0 Å². The number of morpholine rings is 1. The Labute approximate surface area is 188 Å². The molecule has 0 spiro atoms. The molecule has 32 heavy (non-hydrogen) atoms. The summed E-state index contributed by atoms with van der Waals surface area (Å²) in [4.78, 5) is 16.9. The van der Waals surface area contributed by atoms with E-state index in [1.165, 1.54) is 0 Å². The first-order chi connectivity index (χ1) is 15.6. The van der Waals surface area contributed by atoms with Crippen molar-refractivity contribution in [3.63, 3.8) is 0 Å². The monoisotopic (exact) mass is 442 g/mol. The van der Waals surface area contributed by atoms with E-state index in [1.807, 2.05) is 24.3 Å². The van der Waals surface area contributed by atoms with Gasteiger partial charge in [0.15, 0.2) is 11.5 Å². The zero-order valence-corrected chi connectivity index (χ0v) is 18.5. The lowest BCUT2D eigenvalue weighted by Gasteiger charge is -2.36. The first-order valence-electron chi connectivity index (χ1n) is 10.9. The van der Waals surface area contributed by atoms with Gasteiger partial charge in [-0.25, -0.2) is 0 Å². The summed E-state index contributed by atoms with van der Waals surface area (Å²) in [5, 5.41) is 10.6. The number of aliphatic hydroxyl groups is 1. The molecular formula is C24H30N2O6. The van der Waals surface area contributed by atoms with Crippen molar-refractivity contribution in [1.82, 2.24) is 4.90 Å².